The summed E-state index contributed by atoms with van der Waals surface area (Å²) in [5.41, 5.74) is 0. The van der Waals surface area contributed by atoms with Gasteiger partial charge in [-0.2, -0.15) is 0 Å². The molecule has 1 aliphatic heterocycles. The van der Waals surface area contributed by atoms with E-state index in [1.54, 1.807) is 19.2 Å². The second-order valence-corrected chi connectivity index (χ2v) is 7.11. The number of hydrogen-bond donors (Lipinski definition) is 2. The van der Waals surface area contributed by atoms with Gasteiger partial charge in [0.2, 0.25) is 0 Å². The van der Waals surface area contributed by atoms with Crippen LogP contribution in [0.25, 0.3) is 0 Å². The molecule has 0 amide bonds. The second kappa shape index (κ2) is 11.8. The zero-order valence-corrected chi connectivity index (χ0v) is 16.9. The lowest BCUT2D eigenvalue weighted by Gasteiger charge is -2.21. The van der Waals surface area contributed by atoms with E-state index in [1.165, 1.54) is 31.6 Å². The topological polar surface area (TPSA) is 52.1 Å². The maximum absolute atomic E-state index is 12.9. The number of likely N-dealkylation sites (N-methyl/N-ethyl adjacent to an activating group) is 1. The Hall–Kier alpha value is -1.86. The molecule has 1 heterocycles. The van der Waals surface area contributed by atoms with Crippen LogP contribution in [-0.4, -0.2) is 81.8 Å². The van der Waals surface area contributed by atoms with Gasteiger partial charge in [0, 0.05) is 26.7 Å². The van der Waals surface area contributed by atoms with Gasteiger partial charge in [-0.15, -0.1) is 0 Å². The molecule has 152 valence electrons. The molecule has 1 saturated heterocycles. The van der Waals surface area contributed by atoms with Crippen LogP contribution in [0.5, 0.6) is 5.75 Å². The molecule has 7 heteroatoms. The van der Waals surface area contributed by atoms with Gasteiger partial charge in [0.25, 0.3) is 0 Å². The molecule has 1 aromatic carbocycles. The average Bonchev–Trinajstić information content (AvgIpc) is 2.87. The Kier molecular flexibility index (Phi) is 9.35. The van der Waals surface area contributed by atoms with Crippen LogP contribution in [0.2, 0.25) is 0 Å². The molecule has 2 N–H and O–H groups in total. The highest BCUT2D eigenvalue weighted by atomic mass is 19.1. The molecular weight excluding hydrogens is 345 g/mol. The van der Waals surface area contributed by atoms with Gasteiger partial charge in [0.05, 0.1) is 6.54 Å². The number of guanidine groups is 1. The fraction of sp³-hybridized carbons (Fsp3) is 0.650. The van der Waals surface area contributed by atoms with Crippen molar-refractivity contribution in [2.75, 3.05) is 59.9 Å². The third kappa shape index (κ3) is 8.58. The first-order valence-corrected chi connectivity index (χ1v) is 9.84. The summed E-state index contributed by atoms with van der Waals surface area (Å²) >= 11 is 0. The molecule has 0 saturated carbocycles. The first kappa shape index (κ1) is 21.4. The van der Waals surface area contributed by atoms with E-state index in [0.717, 1.165) is 38.6 Å². The van der Waals surface area contributed by atoms with Crippen LogP contribution in [0.15, 0.2) is 29.3 Å². The van der Waals surface area contributed by atoms with Crippen molar-refractivity contribution in [1.82, 2.24) is 20.4 Å². The van der Waals surface area contributed by atoms with Crippen molar-refractivity contribution >= 4 is 5.96 Å². The molecule has 0 aliphatic carbocycles. The van der Waals surface area contributed by atoms with Gasteiger partial charge in [-0.1, -0.05) is 0 Å². The molecule has 0 aromatic heterocycles. The first-order chi connectivity index (χ1) is 13.1. The zero-order valence-electron chi connectivity index (χ0n) is 16.9. The lowest BCUT2D eigenvalue weighted by molar-refractivity contribution is 0.223. The van der Waals surface area contributed by atoms with E-state index < -0.39 is 0 Å². The van der Waals surface area contributed by atoms with Crippen LogP contribution in [0, 0.1) is 5.82 Å². The third-order valence-electron chi connectivity index (χ3n) is 4.69. The van der Waals surface area contributed by atoms with Gasteiger partial charge < -0.3 is 25.2 Å². The van der Waals surface area contributed by atoms with Crippen LogP contribution in [0.3, 0.4) is 0 Å². The average molecular weight is 380 g/mol. The highest BCUT2D eigenvalue weighted by molar-refractivity contribution is 5.79. The number of ether oxygens (including phenoxy) is 1. The number of nitrogens with zero attached hydrogens (tertiary/aromatic N) is 3. The minimum absolute atomic E-state index is 0.0527. The molecule has 6 nitrogen and oxygen atoms in total. The first-order valence-electron chi connectivity index (χ1n) is 9.84. The van der Waals surface area contributed by atoms with Crippen LogP contribution in [-0.2, 0) is 0 Å². The Morgan fingerprint density at radius 3 is 2.70 bits per heavy atom. The molecule has 27 heavy (non-hydrogen) atoms. The van der Waals surface area contributed by atoms with Crippen LogP contribution in [0.4, 0.5) is 4.39 Å². The van der Waals surface area contributed by atoms with E-state index in [4.69, 9.17) is 4.74 Å². The van der Waals surface area contributed by atoms with Crippen molar-refractivity contribution in [2.45, 2.75) is 25.9 Å². The minimum atomic E-state index is -0.259. The molecule has 1 aromatic rings. The lowest BCUT2D eigenvalue weighted by Crippen LogP contribution is -2.42. The van der Waals surface area contributed by atoms with Crippen LogP contribution < -0.4 is 15.4 Å². The Labute approximate surface area is 162 Å². The zero-order chi connectivity index (χ0) is 19.5. The van der Waals surface area contributed by atoms with E-state index in [9.17, 15) is 4.39 Å². The van der Waals surface area contributed by atoms with E-state index in [2.05, 4.69) is 32.5 Å². The number of rotatable bonds is 8. The highest BCUT2D eigenvalue weighted by Gasteiger charge is 2.11. The lowest BCUT2D eigenvalue weighted by atomic mass is 10.3. The van der Waals surface area contributed by atoms with E-state index in [-0.39, 0.29) is 11.9 Å². The molecule has 1 atom stereocenters. The Bertz CT molecular complexity index is 566. The fourth-order valence-electron chi connectivity index (χ4n) is 3.08. The number of benzene rings is 1. The second-order valence-electron chi connectivity index (χ2n) is 7.11. The number of hydrogen-bond acceptors (Lipinski definition) is 4. The van der Waals surface area contributed by atoms with E-state index >= 15 is 0 Å². The maximum atomic E-state index is 12.9. The van der Waals surface area contributed by atoms with Gasteiger partial charge in [0.15, 0.2) is 5.96 Å². The summed E-state index contributed by atoms with van der Waals surface area (Å²) in [6.45, 7) is 9.29. The van der Waals surface area contributed by atoms with Crippen molar-refractivity contribution in [3.05, 3.63) is 30.1 Å². The van der Waals surface area contributed by atoms with Crippen LogP contribution >= 0.6 is 0 Å². The van der Waals surface area contributed by atoms with Crippen LogP contribution in [0.1, 0.15) is 19.8 Å². The normalized spacial score (nSPS) is 18.0. The summed E-state index contributed by atoms with van der Waals surface area (Å²) in [5, 5.41) is 6.63. The monoisotopic (exact) mass is 379 g/mol. The smallest absolute Gasteiger partial charge is 0.191 e. The van der Waals surface area contributed by atoms with E-state index in [1.807, 2.05) is 6.92 Å². The Balaban J connectivity index is 1.60. The Morgan fingerprint density at radius 2 is 1.96 bits per heavy atom. The third-order valence-corrected chi connectivity index (χ3v) is 4.69. The largest absolute Gasteiger partial charge is 0.489 e. The quantitative estimate of drug-likeness (QED) is 0.410. The van der Waals surface area contributed by atoms with Gasteiger partial charge >= 0.3 is 0 Å². The Morgan fingerprint density at radius 1 is 1.19 bits per heavy atom. The van der Waals surface area contributed by atoms with Crippen molar-refractivity contribution in [3.63, 3.8) is 0 Å². The van der Waals surface area contributed by atoms with Crippen molar-refractivity contribution < 1.29 is 9.13 Å². The molecule has 0 radical (unpaired) electrons. The maximum Gasteiger partial charge on any atom is 0.191 e. The predicted octanol–water partition coefficient (Wildman–Crippen LogP) is 1.79. The summed E-state index contributed by atoms with van der Waals surface area (Å²) in [4.78, 5) is 9.20. The van der Waals surface area contributed by atoms with Crippen molar-refractivity contribution in [3.8, 4) is 5.75 Å². The minimum Gasteiger partial charge on any atom is -0.489 e. The SMILES string of the molecule is CN=C(NCCCN1CCCN(C)CC1)NCC(C)Oc1ccc(F)cc1. The molecular formula is C20H34FN5O. The summed E-state index contributed by atoms with van der Waals surface area (Å²) in [7, 11) is 3.97. The fourth-order valence-corrected chi connectivity index (χ4v) is 3.08. The number of aliphatic imine (C=N–C) groups is 1. The highest BCUT2D eigenvalue weighted by Crippen LogP contribution is 2.12. The number of nitrogens with one attached hydrogen (secondary N) is 2. The number of halogens is 1. The van der Waals surface area contributed by atoms with Gasteiger partial charge in [-0.05, 0) is 70.7 Å². The van der Waals surface area contributed by atoms with Crippen molar-refractivity contribution in [2.24, 2.45) is 4.99 Å². The predicted molar refractivity (Wildman–Crippen MR) is 109 cm³/mol. The molecule has 1 aliphatic rings. The summed E-state index contributed by atoms with van der Waals surface area (Å²) < 4.78 is 18.7. The summed E-state index contributed by atoms with van der Waals surface area (Å²) in [6, 6.07) is 6.08. The molecule has 2 rings (SSSR count). The molecule has 0 bridgehead atoms. The standard InChI is InChI=1S/C20H34FN5O/c1-17(27-19-8-6-18(21)7-9-19)16-24-20(22-2)23-10-4-12-26-13-5-11-25(3)14-15-26/h6-9,17H,4-5,10-16H2,1-3H3,(H2,22,23,24). The summed E-state index contributed by atoms with van der Waals surface area (Å²) in [6.07, 6.45) is 2.29. The summed E-state index contributed by atoms with van der Waals surface area (Å²) in [5.74, 6) is 1.18. The van der Waals surface area contributed by atoms with Crippen molar-refractivity contribution in [1.29, 1.82) is 0 Å². The van der Waals surface area contributed by atoms with Gasteiger partial charge in [-0.3, -0.25) is 4.99 Å². The van der Waals surface area contributed by atoms with Gasteiger partial charge in [0.1, 0.15) is 17.7 Å². The molecule has 1 unspecified atom stereocenters. The molecule has 0 spiro atoms. The van der Waals surface area contributed by atoms with E-state index in [0.29, 0.717) is 12.3 Å². The van der Waals surface area contributed by atoms with Gasteiger partial charge in [-0.25, -0.2) is 4.39 Å². The molecule has 1 fully saturated rings.